The van der Waals surface area contributed by atoms with Crippen molar-refractivity contribution in [3.63, 3.8) is 0 Å². The number of carbonyl (C=O) groups is 1. The van der Waals surface area contributed by atoms with Crippen LogP contribution in [-0.2, 0) is 4.79 Å². The molecule has 2 atom stereocenters. The lowest BCUT2D eigenvalue weighted by Gasteiger charge is -2.47. The van der Waals surface area contributed by atoms with Crippen molar-refractivity contribution in [2.45, 2.75) is 44.6 Å². The molecule has 27 heavy (non-hydrogen) atoms. The third kappa shape index (κ3) is 3.79. The standard InChI is InChI=1S/C24H30N2O/c1-2-3-5-14-24(27)26-16-15-25-17-22(19-10-6-4-7-11-19)20-12-8-9-13-21(20)23(25)18-26/h4,6-13,22-23H,2-3,5,14-18H2,1H3. The Labute approximate surface area is 163 Å². The van der Waals surface area contributed by atoms with Gasteiger partial charge in [0.25, 0.3) is 0 Å². The zero-order chi connectivity index (χ0) is 18.6. The monoisotopic (exact) mass is 362 g/mol. The van der Waals surface area contributed by atoms with E-state index >= 15 is 0 Å². The van der Waals surface area contributed by atoms with Gasteiger partial charge in [-0.1, -0.05) is 74.4 Å². The lowest BCUT2D eigenvalue weighted by molar-refractivity contribution is -0.134. The van der Waals surface area contributed by atoms with Gasteiger partial charge in [-0.3, -0.25) is 9.69 Å². The van der Waals surface area contributed by atoms with Crippen LogP contribution in [0.2, 0.25) is 0 Å². The topological polar surface area (TPSA) is 23.6 Å². The highest BCUT2D eigenvalue weighted by Crippen LogP contribution is 2.40. The van der Waals surface area contributed by atoms with Crippen molar-refractivity contribution in [2.24, 2.45) is 0 Å². The molecular weight excluding hydrogens is 332 g/mol. The van der Waals surface area contributed by atoms with E-state index in [2.05, 4.69) is 71.3 Å². The van der Waals surface area contributed by atoms with E-state index in [0.717, 1.165) is 45.4 Å². The van der Waals surface area contributed by atoms with Gasteiger partial charge in [-0.15, -0.1) is 0 Å². The van der Waals surface area contributed by atoms with E-state index in [1.54, 1.807) is 0 Å². The van der Waals surface area contributed by atoms with Crippen LogP contribution in [0.3, 0.4) is 0 Å². The highest BCUT2D eigenvalue weighted by molar-refractivity contribution is 5.76. The maximum Gasteiger partial charge on any atom is 0.222 e. The second kappa shape index (κ2) is 8.26. The van der Waals surface area contributed by atoms with Gasteiger partial charge in [0.2, 0.25) is 5.91 Å². The van der Waals surface area contributed by atoms with Gasteiger partial charge in [-0.25, -0.2) is 0 Å². The normalized spacial score (nSPS) is 22.2. The lowest BCUT2D eigenvalue weighted by Crippen LogP contribution is -2.53. The molecular formula is C24H30N2O. The highest BCUT2D eigenvalue weighted by Gasteiger charge is 2.37. The summed E-state index contributed by atoms with van der Waals surface area (Å²) in [5.74, 6) is 0.760. The molecule has 142 valence electrons. The van der Waals surface area contributed by atoms with E-state index in [9.17, 15) is 4.79 Å². The number of hydrogen-bond acceptors (Lipinski definition) is 2. The number of fused-ring (bicyclic) bond motifs is 3. The molecule has 2 aliphatic heterocycles. The SMILES string of the molecule is CCCCCC(=O)N1CCN2CC(c3ccccc3)c3ccccc3C2C1. The summed E-state index contributed by atoms with van der Waals surface area (Å²) in [6.45, 7) is 5.91. The molecule has 0 bridgehead atoms. The van der Waals surface area contributed by atoms with E-state index < -0.39 is 0 Å². The van der Waals surface area contributed by atoms with Crippen molar-refractivity contribution in [2.75, 3.05) is 26.2 Å². The molecule has 0 aliphatic carbocycles. The third-order valence-corrected chi connectivity index (χ3v) is 6.19. The first-order chi connectivity index (χ1) is 13.3. The van der Waals surface area contributed by atoms with Crippen molar-refractivity contribution < 1.29 is 4.79 Å². The van der Waals surface area contributed by atoms with E-state index in [4.69, 9.17) is 0 Å². The number of piperazine rings is 1. The predicted molar refractivity (Wildman–Crippen MR) is 110 cm³/mol. The van der Waals surface area contributed by atoms with E-state index in [1.807, 2.05) is 0 Å². The summed E-state index contributed by atoms with van der Waals surface area (Å²) >= 11 is 0. The first kappa shape index (κ1) is 18.2. The van der Waals surface area contributed by atoms with Crippen molar-refractivity contribution in [1.29, 1.82) is 0 Å². The summed E-state index contributed by atoms with van der Waals surface area (Å²) in [5.41, 5.74) is 4.23. The molecule has 0 saturated carbocycles. The minimum absolute atomic E-state index is 0.338. The Kier molecular flexibility index (Phi) is 5.58. The summed E-state index contributed by atoms with van der Waals surface area (Å²) in [7, 11) is 0. The number of hydrogen-bond donors (Lipinski definition) is 0. The smallest absolute Gasteiger partial charge is 0.222 e. The lowest BCUT2D eigenvalue weighted by atomic mass is 9.80. The average molecular weight is 363 g/mol. The Balaban J connectivity index is 1.56. The van der Waals surface area contributed by atoms with Crippen LogP contribution in [-0.4, -0.2) is 41.9 Å². The second-order valence-electron chi connectivity index (χ2n) is 7.90. The Hall–Kier alpha value is -2.13. The maximum atomic E-state index is 12.7. The number of unbranched alkanes of at least 4 members (excludes halogenated alkanes) is 2. The van der Waals surface area contributed by atoms with E-state index in [1.165, 1.54) is 16.7 Å². The molecule has 0 spiro atoms. The summed E-state index contributed by atoms with van der Waals surface area (Å²) < 4.78 is 0. The number of benzene rings is 2. The average Bonchev–Trinajstić information content (AvgIpc) is 2.73. The highest BCUT2D eigenvalue weighted by atomic mass is 16.2. The van der Waals surface area contributed by atoms with Crippen LogP contribution in [0.25, 0.3) is 0 Å². The van der Waals surface area contributed by atoms with Gasteiger partial charge in [0.15, 0.2) is 0 Å². The summed E-state index contributed by atoms with van der Waals surface area (Å²) in [5, 5.41) is 0. The molecule has 2 aromatic rings. The molecule has 2 unspecified atom stereocenters. The van der Waals surface area contributed by atoms with Crippen LogP contribution in [0.15, 0.2) is 54.6 Å². The number of rotatable bonds is 5. The number of nitrogens with zero attached hydrogens (tertiary/aromatic N) is 2. The molecule has 0 aromatic heterocycles. The molecule has 1 fully saturated rings. The van der Waals surface area contributed by atoms with Gasteiger partial charge in [-0.05, 0) is 23.1 Å². The van der Waals surface area contributed by atoms with Crippen molar-refractivity contribution in [3.8, 4) is 0 Å². The molecule has 1 saturated heterocycles. The van der Waals surface area contributed by atoms with Gasteiger partial charge in [0.1, 0.15) is 0 Å². The Morgan fingerprint density at radius 1 is 0.926 bits per heavy atom. The predicted octanol–water partition coefficient (Wildman–Crippen LogP) is 4.60. The fourth-order valence-electron chi connectivity index (χ4n) is 4.68. The van der Waals surface area contributed by atoms with Crippen LogP contribution < -0.4 is 0 Å². The fraction of sp³-hybridized carbons (Fsp3) is 0.458. The Morgan fingerprint density at radius 2 is 1.67 bits per heavy atom. The molecule has 2 aromatic carbocycles. The Morgan fingerprint density at radius 3 is 2.44 bits per heavy atom. The van der Waals surface area contributed by atoms with Gasteiger partial charge < -0.3 is 4.90 Å². The zero-order valence-electron chi connectivity index (χ0n) is 16.3. The Bertz CT molecular complexity index is 773. The number of carbonyl (C=O) groups excluding carboxylic acids is 1. The summed E-state index contributed by atoms with van der Waals surface area (Å²) in [4.78, 5) is 17.4. The first-order valence-electron chi connectivity index (χ1n) is 10.4. The third-order valence-electron chi connectivity index (χ3n) is 6.19. The summed E-state index contributed by atoms with van der Waals surface area (Å²) in [6.07, 6.45) is 4.04. The van der Waals surface area contributed by atoms with Gasteiger partial charge >= 0.3 is 0 Å². The van der Waals surface area contributed by atoms with Crippen molar-refractivity contribution >= 4 is 5.91 Å². The molecule has 3 heteroatoms. The molecule has 2 aliphatic rings. The van der Waals surface area contributed by atoms with E-state index in [-0.39, 0.29) is 0 Å². The fourth-order valence-corrected chi connectivity index (χ4v) is 4.68. The van der Waals surface area contributed by atoms with Gasteiger partial charge in [0, 0.05) is 38.5 Å². The van der Waals surface area contributed by atoms with Crippen LogP contribution in [0, 0.1) is 0 Å². The van der Waals surface area contributed by atoms with Crippen LogP contribution >= 0.6 is 0 Å². The van der Waals surface area contributed by atoms with Crippen LogP contribution in [0.1, 0.15) is 61.3 Å². The molecule has 0 radical (unpaired) electrons. The summed E-state index contributed by atoms with van der Waals surface area (Å²) in [6, 6.07) is 20.0. The minimum Gasteiger partial charge on any atom is -0.339 e. The number of amides is 1. The molecule has 4 rings (SSSR count). The molecule has 1 amide bonds. The van der Waals surface area contributed by atoms with E-state index in [0.29, 0.717) is 24.3 Å². The van der Waals surface area contributed by atoms with Crippen molar-refractivity contribution in [1.82, 2.24) is 9.80 Å². The second-order valence-corrected chi connectivity index (χ2v) is 7.90. The maximum absolute atomic E-state index is 12.7. The van der Waals surface area contributed by atoms with Crippen LogP contribution in [0.4, 0.5) is 0 Å². The molecule has 0 N–H and O–H groups in total. The van der Waals surface area contributed by atoms with Gasteiger partial charge in [-0.2, -0.15) is 0 Å². The molecule has 2 heterocycles. The minimum atomic E-state index is 0.338. The largest absolute Gasteiger partial charge is 0.339 e. The quantitative estimate of drug-likeness (QED) is 0.726. The van der Waals surface area contributed by atoms with Crippen LogP contribution in [0.5, 0.6) is 0 Å². The zero-order valence-corrected chi connectivity index (χ0v) is 16.3. The first-order valence-corrected chi connectivity index (χ1v) is 10.4. The molecule has 3 nitrogen and oxygen atoms in total. The van der Waals surface area contributed by atoms with Crippen molar-refractivity contribution in [3.05, 3.63) is 71.3 Å². The van der Waals surface area contributed by atoms with Gasteiger partial charge in [0.05, 0.1) is 6.04 Å².